The summed E-state index contributed by atoms with van der Waals surface area (Å²) in [6.45, 7) is 5.83. The number of carbonyl (C=O) groups is 1. The van der Waals surface area contributed by atoms with Crippen LogP contribution < -0.4 is 5.73 Å². The van der Waals surface area contributed by atoms with Crippen molar-refractivity contribution in [3.8, 4) is 0 Å². The van der Waals surface area contributed by atoms with Gasteiger partial charge in [0.1, 0.15) is 0 Å². The second kappa shape index (κ2) is 6.89. The van der Waals surface area contributed by atoms with Crippen LogP contribution in [0.25, 0.3) is 0 Å². The molecule has 1 aromatic rings. The van der Waals surface area contributed by atoms with E-state index in [0.717, 1.165) is 37.9 Å². The molecule has 0 saturated carbocycles. The molecule has 3 atom stereocenters. The molecular formula is C17H26N2O. The van der Waals surface area contributed by atoms with E-state index in [1.54, 1.807) is 0 Å². The first-order valence-electron chi connectivity index (χ1n) is 7.72. The molecule has 20 heavy (non-hydrogen) atoms. The number of rotatable bonds is 4. The van der Waals surface area contributed by atoms with Crippen LogP contribution in [0.15, 0.2) is 30.3 Å². The highest BCUT2D eigenvalue weighted by Gasteiger charge is 2.29. The van der Waals surface area contributed by atoms with Gasteiger partial charge in [0, 0.05) is 19.1 Å². The van der Waals surface area contributed by atoms with E-state index in [1.807, 2.05) is 30.0 Å². The van der Waals surface area contributed by atoms with Crippen LogP contribution >= 0.6 is 0 Å². The maximum atomic E-state index is 12.8. The van der Waals surface area contributed by atoms with Gasteiger partial charge in [-0.1, -0.05) is 37.3 Å². The molecule has 2 rings (SSSR count). The highest BCUT2D eigenvalue weighted by atomic mass is 16.2. The minimum absolute atomic E-state index is 0.0111. The molecule has 1 fully saturated rings. The molecule has 0 aromatic heterocycles. The lowest BCUT2D eigenvalue weighted by molar-refractivity contribution is -0.134. The SMILES string of the molecule is CCC(C(=O)N1CCCC(C(C)N)C1)c1ccccc1. The minimum atomic E-state index is -0.0111. The average molecular weight is 274 g/mol. The third kappa shape index (κ3) is 3.40. The Balaban J connectivity index is 2.09. The number of hydrogen-bond donors (Lipinski definition) is 1. The van der Waals surface area contributed by atoms with Gasteiger partial charge in [0.2, 0.25) is 5.91 Å². The van der Waals surface area contributed by atoms with Crippen molar-refractivity contribution in [2.24, 2.45) is 11.7 Å². The smallest absolute Gasteiger partial charge is 0.230 e. The van der Waals surface area contributed by atoms with Crippen LogP contribution in [-0.4, -0.2) is 29.9 Å². The van der Waals surface area contributed by atoms with Gasteiger partial charge in [-0.25, -0.2) is 0 Å². The number of nitrogens with zero attached hydrogens (tertiary/aromatic N) is 1. The number of hydrogen-bond acceptors (Lipinski definition) is 2. The van der Waals surface area contributed by atoms with E-state index in [1.165, 1.54) is 0 Å². The van der Waals surface area contributed by atoms with E-state index >= 15 is 0 Å². The maximum absolute atomic E-state index is 12.8. The monoisotopic (exact) mass is 274 g/mol. The van der Waals surface area contributed by atoms with Crippen molar-refractivity contribution >= 4 is 5.91 Å². The topological polar surface area (TPSA) is 46.3 Å². The number of carbonyl (C=O) groups excluding carboxylic acids is 1. The third-order valence-corrected chi connectivity index (χ3v) is 4.42. The number of likely N-dealkylation sites (tertiary alicyclic amines) is 1. The van der Waals surface area contributed by atoms with E-state index < -0.39 is 0 Å². The third-order valence-electron chi connectivity index (χ3n) is 4.42. The molecule has 0 spiro atoms. The van der Waals surface area contributed by atoms with Gasteiger partial charge in [-0.15, -0.1) is 0 Å². The second-order valence-electron chi connectivity index (χ2n) is 5.92. The Hall–Kier alpha value is -1.35. The molecule has 1 saturated heterocycles. The summed E-state index contributed by atoms with van der Waals surface area (Å²) < 4.78 is 0. The summed E-state index contributed by atoms with van der Waals surface area (Å²) >= 11 is 0. The Morgan fingerprint density at radius 3 is 2.70 bits per heavy atom. The van der Waals surface area contributed by atoms with Gasteiger partial charge in [0.05, 0.1) is 5.92 Å². The van der Waals surface area contributed by atoms with Crippen LogP contribution in [0.5, 0.6) is 0 Å². The Labute approximate surface area is 122 Å². The first-order chi connectivity index (χ1) is 9.63. The molecule has 110 valence electrons. The number of benzene rings is 1. The summed E-state index contributed by atoms with van der Waals surface area (Å²) in [7, 11) is 0. The summed E-state index contributed by atoms with van der Waals surface area (Å²) in [6.07, 6.45) is 3.06. The Kier molecular flexibility index (Phi) is 5.18. The summed E-state index contributed by atoms with van der Waals surface area (Å²) in [5.41, 5.74) is 7.14. The fourth-order valence-corrected chi connectivity index (χ4v) is 3.10. The van der Waals surface area contributed by atoms with E-state index in [4.69, 9.17) is 5.73 Å². The molecule has 0 aliphatic carbocycles. The fraction of sp³-hybridized carbons (Fsp3) is 0.588. The number of amides is 1. The molecule has 1 aromatic carbocycles. The molecule has 3 nitrogen and oxygen atoms in total. The predicted octanol–water partition coefficient (Wildman–Crippen LogP) is 2.77. The Bertz CT molecular complexity index is 430. The first kappa shape index (κ1) is 15.0. The van der Waals surface area contributed by atoms with Gasteiger partial charge in [0.25, 0.3) is 0 Å². The van der Waals surface area contributed by atoms with Crippen LogP contribution in [0.2, 0.25) is 0 Å². The lowest BCUT2D eigenvalue weighted by atomic mass is 9.89. The number of nitrogens with two attached hydrogens (primary N) is 1. The van der Waals surface area contributed by atoms with Crippen molar-refractivity contribution < 1.29 is 4.79 Å². The van der Waals surface area contributed by atoms with Crippen molar-refractivity contribution in [3.63, 3.8) is 0 Å². The van der Waals surface area contributed by atoms with Gasteiger partial charge in [-0.2, -0.15) is 0 Å². The fourth-order valence-electron chi connectivity index (χ4n) is 3.10. The van der Waals surface area contributed by atoms with Gasteiger partial charge in [0.15, 0.2) is 0 Å². The highest BCUT2D eigenvalue weighted by Crippen LogP contribution is 2.26. The average Bonchev–Trinajstić information content (AvgIpc) is 2.49. The molecule has 1 aliphatic rings. The van der Waals surface area contributed by atoms with Crippen molar-refractivity contribution in [1.29, 1.82) is 0 Å². The van der Waals surface area contributed by atoms with Crippen LogP contribution in [0.1, 0.15) is 44.6 Å². The molecule has 0 bridgehead atoms. The molecule has 2 N–H and O–H groups in total. The highest BCUT2D eigenvalue weighted by molar-refractivity contribution is 5.83. The first-order valence-corrected chi connectivity index (χ1v) is 7.72. The molecule has 3 heteroatoms. The Morgan fingerprint density at radius 2 is 2.10 bits per heavy atom. The quantitative estimate of drug-likeness (QED) is 0.917. The predicted molar refractivity (Wildman–Crippen MR) is 82.4 cm³/mol. The van der Waals surface area contributed by atoms with Crippen LogP contribution in [0.4, 0.5) is 0 Å². The molecule has 1 amide bonds. The zero-order valence-electron chi connectivity index (χ0n) is 12.6. The van der Waals surface area contributed by atoms with Crippen molar-refractivity contribution in [2.75, 3.05) is 13.1 Å². The molecular weight excluding hydrogens is 248 g/mol. The molecule has 1 aliphatic heterocycles. The van der Waals surface area contributed by atoms with E-state index in [-0.39, 0.29) is 17.9 Å². The standard InChI is InChI=1S/C17H26N2O/c1-3-16(14-8-5-4-6-9-14)17(20)19-11-7-10-15(12-19)13(2)18/h4-6,8-9,13,15-16H,3,7,10-12,18H2,1-2H3. The van der Waals surface area contributed by atoms with Crippen molar-refractivity contribution in [1.82, 2.24) is 4.90 Å². The van der Waals surface area contributed by atoms with Gasteiger partial charge in [-0.05, 0) is 37.7 Å². The van der Waals surface area contributed by atoms with E-state index in [2.05, 4.69) is 19.1 Å². The van der Waals surface area contributed by atoms with Crippen LogP contribution in [0, 0.1) is 5.92 Å². The summed E-state index contributed by atoms with van der Waals surface area (Å²) in [4.78, 5) is 14.8. The van der Waals surface area contributed by atoms with Crippen molar-refractivity contribution in [2.45, 2.75) is 45.1 Å². The second-order valence-corrected chi connectivity index (χ2v) is 5.92. The minimum Gasteiger partial charge on any atom is -0.342 e. The van der Waals surface area contributed by atoms with Crippen LogP contribution in [0.3, 0.4) is 0 Å². The summed E-state index contributed by atoms with van der Waals surface area (Å²) in [5, 5.41) is 0. The lowest BCUT2D eigenvalue weighted by Gasteiger charge is -2.36. The summed E-state index contributed by atoms with van der Waals surface area (Å²) in [5.74, 6) is 0.702. The van der Waals surface area contributed by atoms with Gasteiger partial charge < -0.3 is 10.6 Å². The number of piperidine rings is 1. The Morgan fingerprint density at radius 1 is 1.40 bits per heavy atom. The maximum Gasteiger partial charge on any atom is 0.230 e. The molecule has 1 heterocycles. The molecule has 3 unspecified atom stereocenters. The molecule has 0 radical (unpaired) electrons. The zero-order valence-corrected chi connectivity index (χ0v) is 12.6. The van der Waals surface area contributed by atoms with Gasteiger partial charge in [-0.3, -0.25) is 4.79 Å². The van der Waals surface area contributed by atoms with Crippen molar-refractivity contribution in [3.05, 3.63) is 35.9 Å². The van der Waals surface area contributed by atoms with Crippen LogP contribution in [-0.2, 0) is 4.79 Å². The van der Waals surface area contributed by atoms with Gasteiger partial charge >= 0.3 is 0 Å². The normalized spacial score (nSPS) is 22.4. The zero-order chi connectivity index (χ0) is 14.5. The summed E-state index contributed by atoms with van der Waals surface area (Å²) in [6, 6.07) is 10.3. The van der Waals surface area contributed by atoms with E-state index in [0.29, 0.717) is 5.92 Å². The lowest BCUT2D eigenvalue weighted by Crippen LogP contribution is -2.46. The van der Waals surface area contributed by atoms with E-state index in [9.17, 15) is 4.79 Å². The largest absolute Gasteiger partial charge is 0.342 e.